The molecule has 2 nitrogen and oxygen atoms in total. The zero-order valence-corrected chi connectivity index (χ0v) is 15.0. The highest BCUT2D eigenvalue weighted by Gasteiger charge is 2.61. The van der Waals surface area contributed by atoms with Crippen molar-refractivity contribution in [3.05, 3.63) is 12.2 Å². The van der Waals surface area contributed by atoms with E-state index in [-0.39, 0.29) is 6.10 Å². The molecule has 0 amide bonds. The van der Waals surface area contributed by atoms with Gasteiger partial charge in [0.1, 0.15) is 0 Å². The van der Waals surface area contributed by atoms with E-state index in [9.17, 15) is 9.90 Å². The number of aliphatic hydroxyl groups excluding tert-OH is 1. The number of carbonyl (C=O) groups is 1. The van der Waals surface area contributed by atoms with Gasteiger partial charge in [0, 0.05) is 6.42 Å². The molecule has 2 heteroatoms. The molecule has 0 heterocycles. The SMILES string of the molecule is C[C@]12CC[C@@H](O)C[C@H]1CC[C@@H]1[C@@H]2CC[C@]23C=CC(=O)C[C@H]2CC[C@@H]13. The van der Waals surface area contributed by atoms with Gasteiger partial charge < -0.3 is 5.11 Å². The molecular weight excluding hydrogens is 296 g/mol. The van der Waals surface area contributed by atoms with Gasteiger partial charge in [-0.2, -0.15) is 0 Å². The Bertz CT molecular complexity index is 581. The predicted octanol–water partition coefficient (Wildman–Crippen LogP) is 4.52. The molecule has 0 saturated heterocycles. The van der Waals surface area contributed by atoms with Crippen molar-refractivity contribution in [1.82, 2.24) is 0 Å². The molecule has 5 rings (SSSR count). The van der Waals surface area contributed by atoms with Crippen LogP contribution >= 0.6 is 0 Å². The highest BCUT2D eigenvalue weighted by atomic mass is 16.3. The molecule has 1 spiro atoms. The average Bonchev–Trinajstić information content (AvgIpc) is 2.94. The number of hydrogen-bond donors (Lipinski definition) is 1. The average molecular weight is 328 g/mol. The van der Waals surface area contributed by atoms with E-state index in [1.807, 2.05) is 6.08 Å². The Morgan fingerprint density at radius 3 is 2.71 bits per heavy atom. The van der Waals surface area contributed by atoms with E-state index in [4.69, 9.17) is 0 Å². The second-order valence-electron chi connectivity index (χ2n) is 10.0. The van der Waals surface area contributed by atoms with Gasteiger partial charge in [0.15, 0.2) is 5.78 Å². The molecule has 1 N–H and O–H groups in total. The second-order valence-corrected chi connectivity index (χ2v) is 10.0. The standard InChI is InChI=1S/C22H32O2/c1-21-9-6-16(23)12-14(21)2-4-18-19(21)8-11-22-10-7-17(24)13-15(22)3-5-20(18)22/h7,10,14-16,18-20,23H,2-6,8-9,11-13H2,1H3/t14-,15-,16-,18-,19+,20+,21+,22-/m1/s1. The van der Waals surface area contributed by atoms with E-state index in [1.54, 1.807) is 0 Å². The summed E-state index contributed by atoms with van der Waals surface area (Å²) in [4.78, 5) is 11.9. The fraction of sp³-hybridized carbons (Fsp3) is 0.864. The Labute approximate surface area is 146 Å². The topological polar surface area (TPSA) is 37.3 Å². The molecule has 0 radical (unpaired) electrons. The van der Waals surface area contributed by atoms with Gasteiger partial charge in [-0.05, 0) is 104 Å². The van der Waals surface area contributed by atoms with Crippen LogP contribution < -0.4 is 0 Å². The number of carbonyl (C=O) groups excluding carboxylic acids is 1. The first kappa shape index (κ1) is 15.6. The Hall–Kier alpha value is -0.630. The van der Waals surface area contributed by atoms with E-state index >= 15 is 0 Å². The van der Waals surface area contributed by atoms with Gasteiger partial charge in [0.25, 0.3) is 0 Å². The molecule has 8 atom stereocenters. The quantitative estimate of drug-likeness (QED) is 0.710. The lowest BCUT2D eigenvalue weighted by Crippen LogP contribution is -2.54. The summed E-state index contributed by atoms with van der Waals surface area (Å²) < 4.78 is 0. The van der Waals surface area contributed by atoms with Crippen molar-refractivity contribution in [2.24, 2.45) is 40.4 Å². The number of ketones is 1. The summed E-state index contributed by atoms with van der Waals surface area (Å²) in [5, 5.41) is 10.1. The number of aliphatic hydroxyl groups is 1. The Morgan fingerprint density at radius 2 is 1.83 bits per heavy atom. The van der Waals surface area contributed by atoms with E-state index in [0.29, 0.717) is 22.5 Å². The number of allylic oxidation sites excluding steroid dienone is 2. The smallest absolute Gasteiger partial charge is 0.155 e. The van der Waals surface area contributed by atoms with E-state index < -0.39 is 0 Å². The van der Waals surface area contributed by atoms with Gasteiger partial charge in [-0.1, -0.05) is 13.0 Å². The van der Waals surface area contributed by atoms with Crippen molar-refractivity contribution in [3.8, 4) is 0 Å². The molecule has 24 heavy (non-hydrogen) atoms. The second kappa shape index (κ2) is 5.19. The first-order valence-corrected chi connectivity index (χ1v) is 10.4. The van der Waals surface area contributed by atoms with E-state index in [1.165, 1.54) is 44.9 Å². The first-order chi connectivity index (χ1) is 11.5. The van der Waals surface area contributed by atoms with Gasteiger partial charge in [-0.25, -0.2) is 0 Å². The molecule has 5 aliphatic rings. The fourth-order valence-electron chi connectivity index (χ4n) is 8.26. The molecule has 0 unspecified atom stereocenters. The summed E-state index contributed by atoms with van der Waals surface area (Å²) in [6, 6.07) is 0. The van der Waals surface area contributed by atoms with Crippen molar-refractivity contribution < 1.29 is 9.90 Å². The van der Waals surface area contributed by atoms with Crippen LogP contribution in [0.4, 0.5) is 0 Å². The molecule has 0 aromatic rings. The molecule has 0 bridgehead atoms. The largest absolute Gasteiger partial charge is 0.393 e. The zero-order valence-electron chi connectivity index (χ0n) is 15.0. The summed E-state index contributed by atoms with van der Waals surface area (Å²) in [7, 11) is 0. The minimum absolute atomic E-state index is 0.0438. The van der Waals surface area contributed by atoms with Gasteiger partial charge in [-0.15, -0.1) is 0 Å². The van der Waals surface area contributed by atoms with Crippen LogP contribution in [0.3, 0.4) is 0 Å². The molecule has 0 aromatic heterocycles. The normalized spacial score (nSPS) is 56.2. The third kappa shape index (κ3) is 1.95. The maximum Gasteiger partial charge on any atom is 0.155 e. The van der Waals surface area contributed by atoms with Crippen LogP contribution in [-0.4, -0.2) is 17.0 Å². The van der Waals surface area contributed by atoms with Crippen molar-refractivity contribution >= 4 is 5.78 Å². The van der Waals surface area contributed by atoms with Crippen LogP contribution in [0.2, 0.25) is 0 Å². The van der Waals surface area contributed by atoms with Crippen LogP contribution in [0.25, 0.3) is 0 Å². The molecule has 132 valence electrons. The number of hydrogen-bond acceptors (Lipinski definition) is 2. The fourth-order valence-corrected chi connectivity index (χ4v) is 8.26. The number of rotatable bonds is 0. The summed E-state index contributed by atoms with van der Waals surface area (Å²) in [5.74, 6) is 4.32. The van der Waals surface area contributed by atoms with Crippen LogP contribution in [0.15, 0.2) is 12.2 Å². The summed E-state index contributed by atoms with van der Waals surface area (Å²) in [6.45, 7) is 2.56. The minimum atomic E-state index is -0.0438. The van der Waals surface area contributed by atoms with Crippen molar-refractivity contribution in [1.29, 1.82) is 0 Å². The van der Waals surface area contributed by atoms with Gasteiger partial charge in [0.05, 0.1) is 6.10 Å². The molecule has 0 aliphatic heterocycles. The maximum atomic E-state index is 11.9. The lowest BCUT2D eigenvalue weighted by molar-refractivity contribution is -0.127. The van der Waals surface area contributed by atoms with Crippen LogP contribution in [-0.2, 0) is 4.79 Å². The lowest BCUT2D eigenvalue weighted by Gasteiger charge is -2.61. The predicted molar refractivity (Wildman–Crippen MR) is 94.3 cm³/mol. The molecule has 4 fully saturated rings. The van der Waals surface area contributed by atoms with Crippen molar-refractivity contribution in [3.63, 3.8) is 0 Å². The lowest BCUT2D eigenvalue weighted by atomic mass is 9.44. The third-order valence-corrected chi connectivity index (χ3v) is 9.43. The van der Waals surface area contributed by atoms with E-state index in [0.717, 1.165) is 42.9 Å². The summed E-state index contributed by atoms with van der Waals surface area (Å²) in [5.41, 5.74) is 0.836. The monoisotopic (exact) mass is 328 g/mol. The highest BCUT2D eigenvalue weighted by Crippen LogP contribution is 2.68. The zero-order chi connectivity index (χ0) is 16.5. The van der Waals surface area contributed by atoms with Crippen molar-refractivity contribution in [2.45, 2.75) is 77.2 Å². The van der Waals surface area contributed by atoms with Crippen molar-refractivity contribution in [2.75, 3.05) is 0 Å². The van der Waals surface area contributed by atoms with E-state index in [2.05, 4.69) is 13.0 Å². The molecule has 4 saturated carbocycles. The Morgan fingerprint density at radius 1 is 1.00 bits per heavy atom. The van der Waals surface area contributed by atoms with Gasteiger partial charge in [0.2, 0.25) is 0 Å². The highest BCUT2D eigenvalue weighted by molar-refractivity contribution is 5.91. The maximum absolute atomic E-state index is 11.9. The van der Waals surface area contributed by atoms with Crippen LogP contribution in [0.5, 0.6) is 0 Å². The first-order valence-electron chi connectivity index (χ1n) is 10.4. The Kier molecular flexibility index (Phi) is 3.38. The Balaban J connectivity index is 1.47. The van der Waals surface area contributed by atoms with Gasteiger partial charge >= 0.3 is 0 Å². The summed E-state index contributed by atoms with van der Waals surface area (Å²) >= 11 is 0. The van der Waals surface area contributed by atoms with Gasteiger partial charge in [-0.3, -0.25) is 4.79 Å². The number of fused-ring (bicyclic) bond motifs is 4. The minimum Gasteiger partial charge on any atom is -0.393 e. The van der Waals surface area contributed by atoms with Crippen LogP contribution in [0, 0.1) is 40.4 Å². The third-order valence-electron chi connectivity index (χ3n) is 9.43. The molecule has 0 aromatic carbocycles. The van der Waals surface area contributed by atoms with Crippen LogP contribution in [0.1, 0.15) is 71.1 Å². The molecule has 5 aliphatic carbocycles. The molecular formula is C22H32O2. The summed E-state index contributed by atoms with van der Waals surface area (Å²) in [6.07, 6.45) is 16.4.